The van der Waals surface area contributed by atoms with E-state index in [1.54, 1.807) is 12.1 Å². The summed E-state index contributed by atoms with van der Waals surface area (Å²) in [5.74, 6) is 0.221. The minimum absolute atomic E-state index is 0.198. The van der Waals surface area contributed by atoms with E-state index in [1.807, 2.05) is 0 Å². The highest BCUT2D eigenvalue weighted by atomic mass is 79.9. The van der Waals surface area contributed by atoms with E-state index in [9.17, 15) is 4.39 Å². The number of halogens is 2. The number of rotatable bonds is 7. The Morgan fingerprint density at radius 1 is 1.39 bits per heavy atom. The fourth-order valence-corrected chi connectivity index (χ4v) is 2.84. The summed E-state index contributed by atoms with van der Waals surface area (Å²) in [5, 5.41) is 3.03. The Hall–Kier alpha value is -1.18. The normalized spacial score (nSPS) is 16.5. The third-order valence-electron chi connectivity index (χ3n) is 3.73. The number of hydrogen-bond acceptors (Lipinski definition) is 3. The molecule has 0 spiro atoms. The molecule has 23 heavy (non-hydrogen) atoms. The fraction of sp³-hybridized carbons (Fsp3) is 0.562. The van der Waals surface area contributed by atoms with Crippen molar-refractivity contribution in [3.8, 4) is 0 Å². The zero-order valence-corrected chi connectivity index (χ0v) is 14.8. The largest absolute Gasteiger partial charge is 0.379 e. The summed E-state index contributed by atoms with van der Waals surface area (Å²) in [6, 6.07) is 4.94. The Morgan fingerprint density at radius 3 is 2.96 bits per heavy atom. The van der Waals surface area contributed by atoms with Crippen molar-refractivity contribution in [3.63, 3.8) is 0 Å². The molecule has 0 bridgehead atoms. The minimum atomic E-state index is -0.198. The third-order valence-corrected chi connectivity index (χ3v) is 4.22. The second kappa shape index (κ2) is 9.85. The van der Waals surface area contributed by atoms with Gasteiger partial charge in [-0.1, -0.05) is 15.9 Å². The van der Waals surface area contributed by atoms with E-state index in [0.717, 1.165) is 43.7 Å². The lowest BCUT2D eigenvalue weighted by atomic mass is 10.1. The lowest BCUT2D eigenvalue weighted by molar-refractivity contribution is 0.0377. The van der Waals surface area contributed by atoms with Gasteiger partial charge in [-0.25, -0.2) is 4.39 Å². The average Bonchev–Trinajstić information content (AvgIpc) is 2.56. The highest BCUT2D eigenvalue weighted by Crippen LogP contribution is 2.15. The molecule has 0 saturated carbocycles. The number of hydrogen-bond donors (Lipinski definition) is 2. The van der Waals surface area contributed by atoms with Gasteiger partial charge in [0.1, 0.15) is 5.82 Å². The highest BCUT2D eigenvalue weighted by Gasteiger charge is 2.08. The average molecular weight is 387 g/mol. The number of nitrogens with zero attached hydrogens (tertiary/aromatic N) is 2. The quantitative estimate of drug-likeness (QED) is 0.425. The van der Waals surface area contributed by atoms with Crippen LogP contribution < -0.4 is 11.1 Å². The predicted octanol–water partition coefficient (Wildman–Crippen LogP) is 1.76. The van der Waals surface area contributed by atoms with Gasteiger partial charge in [-0.15, -0.1) is 0 Å². The summed E-state index contributed by atoms with van der Waals surface area (Å²) in [4.78, 5) is 6.68. The van der Waals surface area contributed by atoms with Crippen molar-refractivity contribution >= 4 is 21.9 Å². The molecule has 5 nitrogen and oxygen atoms in total. The van der Waals surface area contributed by atoms with Crippen LogP contribution in [0.3, 0.4) is 0 Å². The zero-order chi connectivity index (χ0) is 16.5. The topological polar surface area (TPSA) is 62.9 Å². The molecule has 3 N–H and O–H groups in total. The summed E-state index contributed by atoms with van der Waals surface area (Å²) in [6.07, 6.45) is 1.54. The fourth-order valence-electron chi connectivity index (χ4n) is 2.43. The van der Waals surface area contributed by atoms with Gasteiger partial charge in [-0.3, -0.25) is 9.89 Å². The Morgan fingerprint density at radius 2 is 2.17 bits per heavy atom. The molecular weight excluding hydrogens is 363 g/mol. The molecule has 1 fully saturated rings. The van der Waals surface area contributed by atoms with Crippen LogP contribution in [0, 0.1) is 5.82 Å². The molecule has 1 aromatic carbocycles. The van der Waals surface area contributed by atoms with Crippen LogP contribution in [0.25, 0.3) is 0 Å². The predicted molar refractivity (Wildman–Crippen MR) is 94.2 cm³/mol. The van der Waals surface area contributed by atoms with Crippen LogP contribution in [0.2, 0.25) is 0 Å². The number of aliphatic imine (C=N–C) groups is 1. The van der Waals surface area contributed by atoms with Gasteiger partial charge in [0.05, 0.1) is 13.2 Å². The molecule has 1 aliphatic heterocycles. The van der Waals surface area contributed by atoms with Crippen LogP contribution in [0.1, 0.15) is 12.0 Å². The summed E-state index contributed by atoms with van der Waals surface area (Å²) in [7, 11) is 0. The monoisotopic (exact) mass is 386 g/mol. The summed E-state index contributed by atoms with van der Waals surface area (Å²) >= 11 is 3.34. The van der Waals surface area contributed by atoms with Crippen molar-refractivity contribution in [3.05, 3.63) is 34.1 Å². The molecule has 1 aromatic rings. The van der Waals surface area contributed by atoms with Crippen LogP contribution in [0.4, 0.5) is 4.39 Å². The van der Waals surface area contributed by atoms with E-state index in [1.165, 1.54) is 6.07 Å². The standard InChI is InChI=1S/C16H24BrFN4O/c17-14-2-3-15(18)13(12-14)4-6-21-16(19)20-5-1-7-22-8-10-23-11-9-22/h2-3,12H,1,4-11H2,(H3,19,20,21). The van der Waals surface area contributed by atoms with E-state index < -0.39 is 0 Å². The van der Waals surface area contributed by atoms with Gasteiger partial charge < -0.3 is 15.8 Å². The van der Waals surface area contributed by atoms with E-state index in [2.05, 4.69) is 31.1 Å². The van der Waals surface area contributed by atoms with Crippen LogP contribution in [-0.2, 0) is 11.2 Å². The lowest BCUT2D eigenvalue weighted by Gasteiger charge is -2.26. The van der Waals surface area contributed by atoms with Crippen molar-refractivity contribution in [1.82, 2.24) is 10.2 Å². The second-order valence-electron chi connectivity index (χ2n) is 5.49. The molecule has 0 radical (unpaired) electrons. The summed E-state index contributed by atoms with van der Waals surface area (Å²) in [5.41, 5.74) is 6.49. The third kappa shape index (κ3) is 6.85. The first-order valence-electron chi connectivity index (χ1n) is 7.93. The van der Waals surface area contributed by atoms with Crippen molar-refractivity contribution in [2.24, 2.45) is 10.7 Å². The molecule has 0 unspecified atom stereocenters. The van der Waals surface area contributed by atoms with Gasteiger partial charge in [0, 0.05) is 37.2 Å². The molecule has 1 saturated heterocycles. The maximum absolute atomic E-state index is 13.6. The maximum Gasteiger partial charge on any atom is 0.188 e. The van der Waals surface area contributed by atoms with Crippen LogP contribution in [0.5, 0.6) is 0 Å². The molecule has 1 heterocycles. The zero-order valence-electron chi connectivity index (χ0n) is 13.2. The van der Waals surface area contributed by atoms with E-state index in [-0.39, 0.29) is 5.82 Å². The minimum Gasteiger partial charge on any atom is -0.379 e. The number of nitrogens with two attached hydrogens (primary N) is 1. The molecule has 1 aliphatic rings. The van der Waals surface area contributed by atoms with Crippen LogP contribution in [-0.4, -0.2) is 56.8 Å². The van der Waals surface area contributed by atoms with Gasteiger partial charge in [-0.05, 0) is 36.6 Å². The Labute approximate surface area is 145 Å². The summed E-state index contributed by atoms with van der Waals surface area (Å²) < 4.78 is 19.8. The number of ether oxygens (including phenoxy) is 1. The molecule has 7 heteroatoms. The Balaban J connectivity index is 1.61. The van der Waals surface area contributed by atoms with Gasteiger partial charge in [0.2, 0.25) is 0 Å². The van der Waals surface area contributed by atoms with Crippen molar-refractivity contribution in [2.45, 2.75) is 12.8 Å². The number of guanidine groups is 1. The Bertz CT molecular complexity index is 521. The molecular formula is C16H24BrFN4O. The molecule has 128 valence electrons. The molecule has 0 atom stereocenters. The van der Waals surface area contributed by atoms with Gasteiger partial charge in [0.15, 0.2) is 5.96 Å². The van der Waals surface area contributed by atoms with Crippen molar-refractivity contribution < 1.29 is 9.13 Å². The molecule has 0 aliphatic carbocycles. The number of morpholine rings is 1. The first-order valence-corrected chi connectivity index (χ1v) is 8.72. The smallest absolute Gasteiger partial charge is 0.188 e. The lowest BCUT2D eigenvalue weighted by Crippen LogP contribution is -2.37. The Kier molecular flexibility index (Phi) is 7.78. The highest BCUT2D eigenvalue weighted by molar-refractivity contribution is 9.10. The van der Waals surface area contributed by atoms with Crippen molar-refractivity contribution in [1.29, 1.82) is 0 Å². The van der Waals surface area contributed by atoms with E-state index in [4.69, 9.17) is 10.5 Å². The maximum atomic E-state index is 13.6. The molecule has 0 amide bonds. The number of benzene rings is 1. The van der Waals surface area contributed by atoms with Gasteiger partial charge >= 0.3 is 0 Å². The first-order chi connectivity index (χ1) is 11.1. The number of nitrogens with one attached hydrogen (secondary N) is 1. The van der Waals surface area contributed by atoms with Crippen molar-refractivity contribution in [2.75, 3.05) is 45.9 Å². The first kappa shape index (κ1) is 18.2. The summed E-state index contributed by atoms with van der Waals surface area (Å²) in [6.45, 7) is 5.90. The van der Waals surface area contributed by atoms with E-state index in [0.29, 0.717) is 31.0 Å². The van der Waals surface area contributed by atoms with Crippen LogP contribution >= 0.6 is 15.9 Å². The molecule has 0 aromatic heterocycles. The van der Waals surface area contributed by atoms with Crippen LogP contribution in [0.15, 0.2) is 27.7 Å². The second-order valence-corrected chi connectivity index (χ2v) is 6.40. The SMILES string of the molecule is NC(=NCCCN1CCOCC1)NCCc1cc(Br)ccc1F. The van der Waals surface area contributed by atoms with E-state index >= 15 is 0 Å². The van der Waals surface area contributed by atoms with Gasteiger partial charge in [0.25, 0.3) is 0 Å². The van der Waals surface area contributed by atoms with Gasteiger partial charge in [-0.2, -0.15) is 0 Å². The molecule has 2 rings (SSSR count).